The van der Waals surface area contributed by atoms with Gasteiger partial charge in [-0.2, -0.15) is 0 Å². The van der Waals surface area contributed by atoms with Crippen molar-refractivity contribution in [3.63, 3.8) is 0 Å². The average molecular weight is 488 g/mol. The molecule has 4 heterocycles. The Balaban J connectivity index is 1.37. The van der Waals surface area contributed by atoms with Crippen molar-refractivity contribution in [3.8, 4) is 17.2 Å². The van der Waals surface area contributed by atoms with Crippen molar-refractivity contribution in [2.45, 2.75) is 18.9 Å². The fourth-order valence-corrected chi connectivity index (χ4v) is 3.90. The third-order valence-electron chi connectivity index (χ3n) is 6.04. The largest absolute Gasteiger partial charge is 0.480 e. The van der Waals surface area contributed by atoms with E-state index in [-0.39, 0.29) is 17.4 Å². The molecule has 1 aromatic carbocycles. The first-order valence-electron chi connectivity index (χ1n) is 11.7. The number of hydrogen-bond acceptors (Lipinski definition) is 7. The number of hydrogen-bond donors (Lipinski definition) is 1. The van der Waals surface area contributed by atoms with Crippen molar-refractivity contribution in [3.05, 3.63) is 72.2 Å². The minimum atomic E-state index is -0.634. The molecule has 0 unspecified atom stereocenters. The topological polar surface area (TPSA) is 114 Å². The summed E-state index contributed by atoms with van der Waals surface area (Å²) in [5.74, 6) is 0.796. The fraction of sp³-hybridized carbons (Fsp3) is 0.269. The lowest BCUT2D eigenvalue weighted by molar-refractivity contribution is -0.132. The third kappa shape index (κ3) is 5.12. The van der Waals surface area contributed by atoms with E-state index >= 15 is 0 Å². The van der Waals surface area contributed by atoms with E-state index in [0.29, 0.717) is 41.7 Å². The van der Waals surface area contributed by atoms with Crippen LogP contribution in [-0.4, -0.2) is 70.3 Å². The Morgan fingerprint density at radius 3 is 2.47 bits per heavy atom. The minimum absolute atomic E-state index is 0.108. The lowest BCUT2D eigenvalue weighted by atomic mass is 10.1. The summed E-state index contributed by atoms with van der Waals surface area (Å²) >= 11 is 0. The first kappa shape index (κ1) is 23.3. The number of likely N-dealkylation sites (N-methyl/N-ethyl adjacent to an activating group) is 1. The number of nitrogens with zero attached hydrogens (tertiary/aromatic N) is 4. The van der Waals surface area contributed by atoms with Gasteiger partial charge in [0.15, 0.2) is 6.10 Å². The van der Waals surface area contributed by atoms with Crippen LogP contribution in [0.3, 0.4) is 0 Å². The Hall–Kier alpha value is -4.47. The van der Waals surface area contributed by atoms with Gasteiger partial charge in [0.05, 0.1) is 6.20 Å². The third-order valence-corrected chi connectivity index (χ3v) is 6.04. The maximum absolute atomic E-state index is 13.0. The van der Waals surface area contributed by atoms with Crippen LogP contribution in [0.2, 0.25) is 0 Å². The molecule has 184 valence electrons. The number of likely N-dealkylation sites (tertiary alicyclic amines) is 2. The highest BCUT2D eigenvalue weighted by atomic mass is 16.5. The smallest absolute Gasteiger partial charge is 0.272 e. The number of rotatable bonds is 7. The number of anilines is 1. The Morgan fingerprint density at radius 1 is 1.00 bits per heavy atom. The fourth-order valence-electron chi connectivity index (χ4n) is 3.90. The lowest BCUT2D eigenvalue weighted by Gasteiger charge is -2.30. The molecule has 1 atom stereocenters. The summed E-state index contributed by atoms with van der Waals surface area (Å²) in [6.07, 6.45) is 3.96. The molecule has 10 nitrogen and oxygen atoms in total. The SMILES string of the molecule is CN1CC[C@H](Oc2cc(Oc3ccc(C(=O)N4CCC4)nc3)cc(C(=O)Nc3ccccn3)c2)C1=O. The summed E-state index contributed by atoms with van der Waals surface area (Å²) in [6.45, 7) is 2.09. The zero-order chi connectivity index (χ0) is 25.1. The highest BCUT2D eigenvalue weighted by Gasteiger charge is 2.31. The number of pyridine rings is 2. The van der Waals surface area contributed by atoms with Gasteiger partial charge >= 0.3 is 0 Å². The highest BCUT2D eigenvalue weighted by molar-refractivity contribution is 6.04. The van der Waals surface area contributed by atoms with Crippen LogP contribution in [0.4, 0.5) is 5.82 Å². The van der Waals surface area contributed by atoms with Gasteiger partial charge in [0.1, 0.15) is 28.8 Å². The average Bonchev–Trinajstić information content (AvgIpc) is 3.16. The molecule has 2 saturated heterocycles. The van der Waals surface area contributed by atoms with Gasteiger partial charge in [0.2, 0.25) is 0 Å². The first-order valence-corrected chi connectivity index (χ1v) is 11.7. The van der Waals surface area contributed by atoms with Crippen LogP contribution in [0.1, 0.15) is 33.7 Å². The zero-order valence-corrected chi connectivity index (χ0v) is 19.7. The van der Waals surface area contributed by atoms with Crippen molar-refractivity contribution >= 4 is 23.5 Å². The van der Waals surface area contributed by atoms with Gasteiger partial charge in [-0.1, -0.05) is 6.07 Å². The van der Waals surface area contributed by atoms with Crippen LogP contribution in [0.5, 0.6) is 17.2 Å². The van der Waals surface area contributed by atoms with Crippen LogP contribution >= 0.6 is 0 Å². The molecule has 0 spiro atoms. The normalized spacial score (nSPS) is 16.9. The van der Waals surface area contributed by atoms with E-state index in [4.69, 9.17) is 9.47 Å². The Kier molecular flexibility index (Phi) is 6.48. The standard InChI is InChI=1S/C26H25N5O5/c1-30-12-8-22(26(30)34)36-20-14-17(24(32)29-23-5-2-3-9-27-23)13-19(15-20)35-18-6-7-21(28-16-18)25(33)31-10-4-11-31/h2-3,5-7,9,13-16,22H,4,8,10-12H2,1H3,(H,27,29,32)/t22-/m0/s1. The van der Waals surface area contributed by atoms with E-state index in [1.165, 1.54) is 6.20 Å². The van der Waals surface area contributed by atoms with E-state index in [0.717, 1.165) is 19.5 Å². The summed E-state index contributed by atoms with van der Waals surface area (Å²) < 4.78 is 11.9. The summed E-state index contributed by atoms with van der Waals surface area (Å²) in [6, 6.07) is 13.2. The van der Waals surface area contributed by atoms with E-state index in [2.05, 4.69) is 15.3 Å². The quantitative estimate of drug-likeness (QED) is 0.545. The second-order valence-electron chi connectivity index (χ2n) is 8.64. The number of benzene rings is 1. The van der Waals surface area contributed by atoms with Crippen molar-refractivity contribution < 1.29 is 23.9 Å². The molecule has 36 heavy (non-hydrogen) atoms. The van der Waals surface area contributed by atoms with Crippen molar-refractivity contribution in [2.24, 2.45) is 0 Å². The summed E-state index contributed by atoms with van der Waals surface area (Å²) in [4.78, 5) is 49.3. The molecule has 2 aliphatic heterocycles. The van der Waals surface area contributed by atoms with Gasteiger partial charge in [-0.25, -0.2) is 9.97 Å². The van der Waals surface area contributed by atoms with E-state index in [1.54, 1.807) is 71.6 Å². The van der Waals surface area contributed by atoms with Crippen LogP contribution < -0.4 is 14.8 Å². The van der Waals surface area contributed by atoms with Crippen LogP contribution in [0.15, 0.2) is 60.9 Å². The number of ether oxygens (including phenoxy) is 2. The van der Waals surface area contributed by atoms with Crippen LogP contribution in [0.25, 0.3) is 0 Å². The minimum Gasteiger partial charge on any atom is -0.480 e. The zero-order valence-electron chi connectivity index (χ0n) is 19.7. The number of amides is 3. The van der Waals surface area contributed by atoms with Gasteiger partial charge in [0, 0.05) is 50.9 Å². The van der Waals surface area contributed by atoms with E-state index < -0.39 is 12.0 Å². The molecule has 2 aromatic heterocycles. The van der Waals surface area contributed by atoms with Gasteiger partial charge in [-0.05, 0) is 42.8 Å². The molecular weight excluding hydrogens is 462 g/mol. The molecule has 0 bridgehead atoms. The van der Waals surface area contributed by atoms with Gasteiger partial charge in [0.25, 0.3) is 17.7 Å². The van der Waals surface area contributed by atoms with Gasteiger partial charge < -0.3 is 24.6 Å². The van der Waals surface area contributed by atoms with Crippen molar-refractivity contribution in [2.75, 3.05) is 32.0 Å². The Labute approximate surface area is 207 Å². The first-order chi connectivity index (χ1) is 17.5. The molecule has 0 saturated carbocycles. The lowest BCUT2D eigenvalue weighted by Crippen LogP contribution is -2.42. The Morgan fingerprint density at radius 2 is 1.83 bits per heavy atom. The molecule has 2 aliphatic rings. The van der Waals surface area contributed by atoms with Crippen molar-refractivity contribution in [1.82, 2.24) is 19.8 Å². The second kappa shape index (κ2) is 10.0. The summed E-state index contributed by atoms with van der Waals surface area (Å²) in [7, 11) is 1.72. The number of carbonyl (C=O) groups excluding carboxylic acids is 3. The molecular formula is C26H25N5O5. The van der Waals surface area contributed by atoms with Gasteiger partial charge in [-0.3, -0.25) is 14.4 Å². The molecule has 1 N–H and O–H groups in total. The summed E-state index contributed by atoms with van der Waals surface area (Å²) in [5, 5.41) is 2.74. The molecule has 2 fully saturated rings. The maximum atomic E-state index is 13.0. The van der Waals surface area contributed by atoms with E-state index in [1.807, 2.05) is 0 Å². The number of nitrogens with one attached hydrogen (secondary N) is 1. The molecule has 0 aliphatic carbocycles. The molecule has 3 amide bonds. The molecule has 10 heteroatoms. The van der Waals surface area contributed by atoms with Crippen molar-refractivity contribution in [1.29, 1.82) is 0 Å². The predicted octanol–water partition coefficient (Wildman–Crippen LogP) is 2.98. The van der Waals surface area contributed by atoms with Crippen LogP contribution in [0, 0.1) is 0 Å². The van der Waals surface area contributed by atoms with E-state index in [9.17, 15) is 14.4 Å². The van der Waals surface area contributed by atoms with Crippen LogP contribution in [-0.2, 0) is 4.79 Å². The van der Waals surface area contributed by atoms with Gasteiger partial charge in [-0.15, -0.1) is 0 Å². The second-order valence-corrected chi connectivity index (χ2v) is 8.64. The monoisotopic (exact) mass is 487 g/mol. The molecule has 5 rings (SSSR count). The number of carbonyl (C=O) groups is 3. The number of aromatic nitrogens is 2. The predicted molar refractivity (Wildman–Crippen MR) is 130 cm³/mol. The molecule has 3 aromatic rings. The Bertz CT molecular complexity index is 1280. The maximum Gasteiger partial charge on any atom is 0.272 e. The summed E-state index contributed by atoms with van der Waals surface area (Å²) in [5.41, 5.74) is 0.614. The highest BCUT2D eigenvalue weighted by Crippen LogP contribution is 2.30. The molecule has 0 radical (unpaired) electrons.